The molecule has 0 saturated heterocycles. The quantitative estimate of drug-likeness (QED) is 0.329. The molecule has 0 aromatic rings. The molecule has 0 aromatic carbocycles. The second kappa shape index (κ2) is 13.5. The fourth-order valence-corrected chi connectivity index (χ4v) is 1.52. The van der Waals surface area contributed by atoms with E-state index < -0.39 is 0 Å². The Labute approximate surface area is 96.5 Å². The van der Waals surface area contributed by atoms with Crippen LogP contribution in [0.2, 0.25) is 0 Å². The summed E-state index contributed by atoms with van der Waals surface area (Å²) in [4.78, 5) is 0. The molecule has 0 aliphatic heterocycles. The molecule has 0 nitrogen and oxygen atoms in total. The van der Waals surface area contributed by atoms with Gasteiger partial charge in [-0.25, -0.2) is 0 Å². The second-order valence-corrected chi connectivity index (χ2v) is 3.98. The van der Waals surface area contributed by atoms with Crippen molar-refractivity contribution in [1.29, 1.82) is 0 Å². The molecule has 0 heteroatoms. The van der Waals surface area contributed by atoms with Crippen molar-refractivity contribution in [3.8, 4) is 0 Å². The Bertz CT molecular complexity index is 153. The fourth-order valence-electron chi connectivity index (χ4n) is 1.52. The average Bonchev–Trinajstić information content (AvgIpc) is 2.26. The van der Waals surface area contributed by atoms with Crippen molar-refractivity contribution in [2.45, 2.75) is 64.7 Å². The summed E-state index contributed by atoms with van der Waals surface area (Å²) in [6.07, 6.45) is 20.5. The Balaban J connectivity index is 3.01. The van der Waals surface area contributed by atoms with Crippen LogP contribution in [0.5, 0.6) is 0 Å². The maximum Gasteiger partial charge on any atom is -0.0351 e. The molecule has 0 aromatic heterocycles. The summed E-state index contributed by atoms with van der Waals surface area (Å²) >= 11 is 0. The first-order valence-corrected chi connectivity index (χ1v) is 6.51. The summed E-state index contributed by atoms with van der Waals surface area (Å²) in [6, 6.07) is 0. The van der Waals surface area contributed by atoms with Gasteiger partial charge in [-0.05, 0) is 44.9 Å². The fraction of sp³-hybridized carbons (Fsp3) is 0.667. The first-order valence-electron chi connectivity index (χ1n) is 6.51. The van der Waals surface area contributed by atoms with E-state index in [2.05, 4.69) is 38.2 Å². The molecular formula is C15H27. The van der Waals surface area contributed by atoms with Gasteiger partial charge < -0.3 is 0 Å². The first-order chi connectivity index (χ1) is 7.41. The lowest BCUT2D eigenvalue weighted by molar-refractivity contribution is 0.651. The van der Waals surface area contributed by atoms with Gasteiger partial charge >= 0.3 is 0 Å². The van der Waals surface area contributed by atoms with Crippen LogP contribution in [0.4, 0.5) is 0 Å². The molecule has 0 bridgehead atoms. The number of unbranched alkanes of at least 4 members (excludes halogenated alkanes) is 6. The number of hydrogen-bond donors (Lipinski definition) is 0. The van der Waals surface area contributed by atoms with Gasteiger partial charge in [0.15, 0.2) is 0 Å². The van der Waals surface area contributed by atoms with Gasteiger partial charge in [-0.15, -0.1) is 0 Å². The number of hydrogen-bond acceptors (Lipinski definition) is 0. The average molecular weight is 207 g/mol. The van der Waals surface area contributed by atoms with Gasteiger partial charge in [-0.2, -0.15) is 0 Å². The third-order valence-corrected chi connectivity index (χ3v) is 2.43. The smallest absolute Gasteiger partial charge is 0.0351 e. The lowest BCUT2D eigenvalue weighted by atomic mass is 10.1. The monoisotopic (exact) mass is 207 g/mol. The van der Waals surface area contributed by atoms with Crippen molar-refractivity contribution in [2.75, 3.05) is 0 Å². The lowest BCUT2D eigenvalue weighted by Crippen LogP contribution is -1.76. The van der Waals surface area contributed by atoms with Gasteiger partial charge in [0, 0.05) is 0 Å². The van der Waals surface area contributed by atoms with E-state index in [1.807, 2.05) is 0 Å². The molecule has 0 rings (SSSR count). The molecule has 0 unspecified atom stereocenters. The van der Waals surface area contributed by atoms with E-state index in [1.165, 1.54) is 44.9 Å². The molecule has 0 fully saturated rings. The van der Waals surface area contributed by atoms with Gasteiger partial charge in [0.2, 0.25) is 0 Å². The van der Waals surface area contributed by atoms with E-state index in [4.69, 9.17) is 0 Å². The van der Waals surface area contributed by atoms with Crippen LogP contribution in [0, 0.1) is 6.92 Å². The van der Waals surface area contributed by atoms with E-state index in [-0.39, 0.29) is 0 Å². The van der Waals surface area contributed by atoms with Crippen LogP contribution in [0.15, 0.2) is 24.3 Å². The van der Waals surface area contributed by atoms with Gasteiger partial charge in [-0.3, -0.25) is 0 Å². The van der Waals surface area contributed by atoms with Crippen molar-refractivity contribution < 1.29 is 0 Å². The van der Waals surface area contributed by atoms with Crippen LogP contribution in [0.1, 0.15) is 64.7 Å². The van der Waals surface area contributed by atoms with Crippen LogP contribution < -0.4 is 0 Å². The standard InChI is InChI=1S/C15H27/c1-3-5-7-9-11-13-15-14-12-10-8-6-4-2/h6-9H,1,3-5,10-15H2,2H3. The summed E-state index contributed by atoms with van der Waals surface area (Å²) in [6.45, 7) is 6.00. The topological polar surface area (TPSA) is 0 Å². The van der Waals surface area contributed by atoms with Crippen LogP contribution in [0.25, 0.3) is 0 Å². The van der Waals surface area contributed by atoms with Gasteiger partial charge in [-0.1, -0.05) is 51.0 Å². The molecular weight excluding hydrogens is 180 g/mol. The van der Waals surface area contributed by atoms with E-state index in [0.29, 0.717) is 0 Å². The highest BCUT2D eigenvalue weighted by Gasteiger charge is 1.87. The molecule has 0 spiro atoms. The largest absolute Gasteiger partial charge is 0.0888 e. The lowest BCUT2D eigenvalue weighted by Gasteiger charge is -1.96. The molecule has 0 atom stereocenters. The molecule has 87 valence electrons. The third-order valence-electron chi connectivity index (χ3n) is 2.43. The molecule has 1 radical (unpaired) electrons. The van der Waals surface area contributed by atoms with Gasteiger partial charge in [0.1, 0.15) is 0 Å². The van der Waals surface area contributed by atoms with Gasteiger partial charge in [0.05, 0.1) is 0 Å². The molecule has 0 saturated carbocycles. The highest BCUT2D eigenvalue weighted by molar-refractivity contribution is 4.82. The van der Waals surface area contributed by atoms with Crippen molar-refractivity contribution >= 4 is 0 Å². The minimum absolute atomic E-state index is 1.03. The predicted octanol–water partition coefficient (Wildman–Crippen LogP) is 5.46. The third kappa shape index (κ3) is 13.5. The second-order valence-electron chi connectivity index (χ2n) is 3.98. The maximum absolute atomic E-state index is 3.81. The van der Waals surface area contributed by atoms with Crippen molar-refractivity contribution in [3.05, 3.63) is 31.2 Å². The Kier molecular flexibility index (Phi) is 13.0. The summed E-state index contributed by atoms with van der Waals surface area (Å²) in [5.74, 6) is 0. The summed E-state index contributed by atoms with van der Waals surface area (Å²) in [7, 11) is 0. The number of rotatable bonds is 10. The molecule has 15 heavy (non-hydrogen) atoms. The van der Waals surface area contributed by atoms with Crippen LogP contribution >= 0.6 is 0 Å². The predicted molar refractivity (Wildman–Crippen MR) is 70.9 cm³/mol. The number of allylic oxidation sites excluding steroid dienone is 4. The molecule has 0 aliphatic rings. The zero-order chi connectivity index (χ0) is 11.2. The van der Waals surface area contributed by atoms with E-state index >= 15 is 0 Å². The van der Waals surface area contributed by atoms with Crippen LogP contribution in [0.3, 0.4) is 0 Å². The van der Waals surface area contributed by atoms with E-state index in [1.54, 1.807) is 0 Å². The van der Waals surface area contributed by atoms with Crippen molar-refractivity contribution in [3.63, 3.8) is 0 Å². The first kappa shape index (κ1) is 14.5. The maximum atomic E-state index is 3.81. The van der Waals surface area contributed by atoms with E-state index in [9.17, 15) is 0 Å². The zero-order valence-electron chi connectivity index (χ0n) is 10.4. The Hall–Kier alpha value is -0.520. The van der Waals surface area contributed by atoms with E-state index in [0.717, 1.165) is 12.8 Å². The van der Waals surface area contributed by atoms with Crippen LogP contribution in [-0.4, -0.2) is 0 Å². The Morgan fingerprint density at radius 1 is 0.733 bits per heavy atom. The normalized spacial score (nSPS) is 11.9. The molecule has 0 N–H and O–H groups in total. The van der Waals surface area contributed by atoms with Gasteiger partial charge in [0.25, 0.3) is 0 Å². The molecule has 0 amide bonds. The zero-order valence-corrected chi connectivity index (χ0v) is 10.4. The van der Waals surface area contributed by atoms with Crippen molar-refractivity contribution in [1.82, 2.24) is 0 Å². The van der Waals surface area contributed by atoms with Crippen LogP contribution in [-0.2, 0) is 0 Å². The highest BCUT2D eigenvalue weighted by Crippen LogP contribution is 2.06. The summed E-state index contributed by atoms with van der Waals surface area (Å²) < 4.78 is 0. The summed E-state index contributed by atoms with van der Waals surface area (Å²) in [5.41, 5.74) is 0. The molecule has 0 heterocycles. The van der Waals surface area contributed by atoms with Crippen molar-refractivity contribution in [2.24, 2.45) is 0 Å². The Morgan fingerprint density at radius 3 is 1.80 bits per heavy atom. The molecule has 0 aliphatic carbocycles. The summed E-state index contributed by atoms with van der Waals surface area (Å²) in [5, 5.41) is 0. The minimum Gasteiger partial charge on any atom is -0.0888 e. The SMILES string of the molecule is [CH2]CCC=CCCCCCCC=CCC. The highest BCUT2D eigenvalue weighted by atomic mass is 13.9. The minimum atomic E-state index is 1.03. The Morgan fingerprint density at radius 2 is 1.27 bits per heavy atom.